The summed E-state index contributed by atoms with van der Waals surface area (Å²) in [5.74, 6) is -0.469. The van der Waals surface area contributed by atoms with Crippen LogP contribution in [0.15, 0.2) is 24.3 Å². The molecule has 1 aliphatic heterocycles. The molecule has 1 aromatic carbocycles. The number of quaternary nitrogens is 1. The van der Waals surface area contributed by atoms with Gasteiger partial charge in [-0.05, 0) is 18.2 Å². The second-order valence-electron chi connectivity index (χ2n) is 5.30. The Labute approximate surface area is 127 Å². The zero-order valence-corrected chi connectivity index (χ0v) is 12.2. The number of carbonyl (C=O) groups is 1. The minimum absolute atomic E-state index is 0.0357. The van der Waals surface area contributed by atoms with E-state index in [2.05, 4.69) is 5.32 Å². The number of morpholine rings is 1. The summed E-state index contributed by atoms with van der Waals surface area (Å²) in [5, 5.41) is 2.67. The molecule has 1 amide bonds. The number of halogens is 3. The highest BCUT2D eigenvalue weighted by atomic mass is 19.4. The average molecular weight is 317 g/mol. The van der Waals surface area contributed by atoms with Crippen molar-refractivity contribution in [2.75, 3.05) is 39.4 Å². The number of hydrogen-bond donors (Lipinski definition) is 2. The lowest BCUT2D eigenvalue weighted by Crippen LogP contribution is -3.14. The first-order valence-corrected chi connectivity index (χ1v) is 7.33. The number of carbonyl (C=O) groups excluding carboxylic acids is 1. The van der Waals surface area contributed by atoms with Crippen molar-refractivity contribution in [3.63, 3.8) is 0 Å². The highest BCUT2D eigenvalue weighted by molar-refractivity contribution is 5.94. The fourth-order valence-electron chi connectivity index (χ4n) is 2.39. The predicted molar refractivity (Wildman–Crippen MR) is 74.8 cm³/mol. The quantitative estimate of drug-likeness (QED) is 0.787. The Morgan fingerprint density at radius 2 is 2.00 bits per heavy atom. The fraction of sp³-hybridized carbons (Fsp3) is 0.533. The third kappa shape index (κ3) is 4.99. The van der Waals surface area contributed by atoms with Crippen molar-refractivity contribution in [1.82, 2.24) is 5.32 Å². The van der Waals surface area contributed by atoms with Crippen molar-refractivity contribution in [2.24, 2.45) is 0 Å². The molecule has 1 aliphatic rings. The van der Waals surface area contributed by atoms with Crippen molar-refractivity contribution in [2.45, 2.75) is 12.6 Å². The average Bonchev–Trinajstić information content (AvgIpc) is 2.52. The van der Waals surface area contributed by atoms with Gasteiger partial charge in [-0.1, -0.05) is 6.07 Å². The van der Waals surface area contributed by atoms with Crippen LogP contribution in [0.3, 0.4) is 0 Å². The maximum atomic E-state index is 12.6. The summed E-state index contributed by atoms with van der Waals surface area (Å²) in [6.07, 6.45) is -3.64. The topological polar surface area (TPSA) is 42.8 Å². The number of nitrogens with one attached hydrogen (secondary N) is 2. The third-order valence-corrected chi connectivity index (χ3v) is 3.64. The lowest BCUT2D eigenvalue weighted by molar-refractivity contribution is -0.908. The molecule has 1 saturated heterocycles. The molecule has 1 heterocycles. The van der Waals surface area contributed by atoms with Crippen molar-refractivity contribution >= 4 is 5.91 Å². The SMILES string of the molecule is O=C(NCCC[NH+]1CCOCC1)c1cccc(C(F)(F)F)c1. The Morgan fingerprint density at radius 1 is 1.27 bits per heavy atom. The van der Waals surface area contributed by atoms with E-state index < -0.39 is 17.6 Å². The second-order valence-corrected chi connectivity index (χ2v) is 5.30. The lowest BCUT2D eigenvalue weighted by atomic mass is 10.1. The van der Waals surface area contributed by atoms with Gasteiger partial charge in [0.1, 0.15) is 13.1 Å². The van der Waals surface area contributed by atoms with Gasteiger partial charge in [0.05, 0.1) is 25.3 Å². The van der Waals surface area contributed by atoms with Crippen LogP contribution in [0.1, 0.15) is 22.3 Å². The fourth-order valence-corrected chi connectivity index (χ4v) is 2.39. The molecular formula is C15H20F3N2O2+. The molecule has 22 heavy (non-hydrogen) atoms. The number of benzene rings is 1. The molecule has 0 radical (unpaired) electrons. The minimum Gasteiger partial charge on any atom is -0.370 e. The Morgan fingerprint density at radius 3 is 2.68 bits per heavy atom. The van der Waals surface area contributed by atoms with Crippen LogP contribution in [0.25, 0.3) is 0 Å². The standard InChI is InChI=1S/C15H19F3N2O2/c16-15(17,18)13-4-1-3-12(11-13)14(21)19-5-2-6-20-7-9-22-10-8-20/h1,3-4,11H,2,5-10H2,(H,19,21)/p+1. The first kappa shape index (κ1) is 16.8. The zero-order valence-electron chi connectivity index (χ0n) is 12.2. The molecule has 0 unspecified atom stereocenters. The molecule has 0 aromatic heterocycles. The second kappa shape index (κ2) is 7.60. The molecule has 7 heteroatoms. The molecular weight excluding hydrogens is 297 g/mol. The van der Waals surface area contributed by atoms with Gasteiger partial charge in [-0.2, -0.15) is 13.2 Å². The third-order valence-electron chi connectivity index (χ3n) is 3.64. The molecule has 1 aromatic rings. The summed E-state index contributed by atoms with van der Waals surface area (Å²) in [6.45, 7) is 4.81. The summed E-state index contributed by atoms with van der Waals surface area (Å²) in [6, 6.07) is 4.47. The summed E-state index contributed by atoms with van der Waals surface area (Å²) in [4.78, 5) is 13.3. The van der Waals surface area contributed by atoms with Crippen LogP contribution in [0.2, 0.25) is 0 Å². The molecule has 0 saturated carbocycles. The molecule has 122 valence electrons. The Kier molecular flexibility index (Phi) is 5.79. The Bertz CT molecular complexity index is 500. The van der Waals surface area contributed by atoms with Crippen molar-refractivity contribution in [3.8, 4) is 0 Å². The normalized spacial score (nSPS) is 16.5. The van der Waals surface area contributed by atoms with Crippen molar-refractivity contribution < 1.29 is 27.6 Å². The van der Waals surface area contributed by atoms with Crippen LogP contribution in [0.5, 0.6) is 0 Å². The van der Waals surface area contributed by atoms with E-state index in [1.165, 1.54) is 17.0 Å². The van der Waals surface area contributed by atoms with Gasteiger partial charge in [0, 0.05) is 18.5 Å². The molecule has 0 atom stereocenters. The van der Waals surface area contributed by atoms with Gasteiger partial charge in [0.25, 0.3) is 5.91 Å². The molecule has 0 bridgehead atoms. The molecule has 0 aliphatic carbocycles. The van der Waals surface area contributed by atoms with Crippen LogP contribution in [-0.2, 0) is 10.9 Å². The van der Waals surface area contributed by atoms with Gasteiger partial charge in [0.15, 0.2) is 0 Å². The number of amides is 1. The number of hydrogen-bond acceptors (Lipinski definition) is 2. The van der Waals surface area contributed by atoms with Gasteiger partial charge in [0.2, 0.25) is 0 Å². The smallest absolute Gasteiger partial charge is 0.370 e. The van der Waals surface area contributed by atoms with Crippen LogP contribution < -0.4 is 10.2 Å². The number of ether oxygens (including phenoxy) is 1. The van der Waals surface area contributed by atoms with Crippen molar-refractivity contribution in [3.05, 3.63) is 35.4 Å². The number of rotatable bonds is 5. The van der Waals surface area contributed by atoms with E-state index in [4.69, 9.17) is 4.74 Å². The largest absolute Gasteiger partial charge is 0.416 e. The van der Waals surface area contributed by atoms with Crippen LogP contribution >= 0.6 is 0 Å². The van der Waals surface area contributed by atoms with Gasteiger partial charge in [-0.3, -0.25) is 4.79 Å². The first-order valence-electron chi connectivity index (χ1n) is 7.33. The van der Waals surface area contributed by atoms with Gasteiger partial charge >= 0.3 is 6.18 Å². The van der Waals surface area contributed by atoms with Crippen molar-refractivity contribution in [1.29, 1.82) is 0 Å². The van der Waals surface area contributed by atoms with E-state index in [1.54, 1.807) is 0 Å². The van der Waals surface area contributed by atoms with E-state index in [-0.39, 0.29) is 5.56 Å². The lowest BCUT2D eigenvalue weighted by Gasteiger charge is -2.23. The van der Waals surface area contributed by atoms with E-state index >= 15 is 0 Å². The summed E-state index contributed by atoms with van der Waals surface area (Å²) >= 11 is 0. The molecule has 2 rings (SSSR count). The van der Waals surface area contributed by atoms with E-state index in [1.807, 2.05) is 0 Å². The highest BCUT2D eigenvalue weighted by Crippen LogP contribution is 2.29. The van der Waals surface area contributed by atoms with E-state index in [0.29, 0.717) is 6.54 Å². The monoisotopic (exact) mass is 317 g/mol. The van der Waals surface area contributed by atoms with Gasteiger partial charge in [-0.25, -0.2) is 0 Å². The van der Waals surface area contributed by atoms with Crippen LogP contribution in [-0.4, -0.2) is 45.3 Å². The zero-order chi connectivity index (χ0) is 16.0. The van der Waals surface area contributed by atoms with E-state index in [0.717, 1.165) is 51.4 Å². The molecule has 0 spiro atoms. The Balaban J connectivity index is 1.77. The summed E-state index contributed by atoms with van der Waals surface area (Å²) < 4.78 is 43.1. The summed E-state index contributed by atoms with van der Waals surface area (Å²) in [7, 11) is 0. The van der Waals surface area contributed by atoms with Crippen LogP contribution in [0.4, 0.5) is 13.2 Å². The van der Waals surface area contributed by atoms with E-state index in [9.17, 15) is 18.0 Å². The van der Waals surface area contributed by atoms with Crippen LogP contribution in [0, 0.1) is 0 Å². The summed E-state index contributed by atoms with van der Waals surface area (Å²) in [5.41, 5.74) is -0.772. The predicted octanol–water partition coefficient (Wildman–Crippen LogP) is 0.740. The highest BCUT2D eigenvalue weighted by Gasteiger charge is 2.30. The number of alkyl halides is 3. The molecule has 2 N–H and O–H groups in total. The minimum atomic E-state index is -4.43. The Hall–Kier alpha value is -1.60. The maximum absolute atomic E-state index is 12.6. The molecule has 4 nitrogen and oxygen atoms in total. The van der Waals surface area contributed by atoms with Gasteiger partial charge < -0.3 is 15.0 Å². The first-order chi connectivity index (χ1) is 10.5. The maximum Gasteiger partial charge on any atom is 0.416 e. The molecule has 1 fully saturated rings. The van der Waals surface area contributed by atoms with Gasteiger partial charge in [-0.15, -0.1) is 0 Å².